The minimum absolute atomic E-state index is 0.192. The van der Waals surface area contributed by atoms with E-state index in [9.17, 15) is 4.79 Å². The molecule has 0 bridgehead atoms. The van der Waals surface area contributed by atoms with Crippen molar-refractivity contribution in [2.24, 2.45) is 0 Å². The van der Waals surface area contributed by atoms with Crippen molar-refractivity contribution >= 4 is 33.5 Å². The quantitative estimate of drug-likeness (QED) is 0.493. The van der Waals surface area contributed by atoms with Gasteiger partial charge in [0.15, 0.2) is 0 Å². The predicted octanol–water partition coefficient (Wildman–Crippen LogP) is 1.60. The van der Waals surface area contributed by atoms with Crippen LogP contribution in [-0.4, -0.2) is 24.3 Å². The fourth-order valence-electron chi connectivity index (χ4n) is 3.16. The van der Waals surface area contributed by atoms with E-state index in [1.807, 2.05) is 40.9 Å². The van der Waals surface area contributed by atoms with Crippen molar-refractivity contribution in [1.82, 2.24) is 24.3 Å². The summed E-state index contributed by atoms with van der Waals surface area (Å²) in [5.74, 6) is 0.766. The summed E-state index contributed by atoms with van der Waals surface area (Å²) in [5.41, 5.74) is 1.94. The number of H-pyrrole nitrogens is 2. The highest BCUT2D eigenvalue weighted by Gasteiger charge is 2.13. The van der Waals surface area contributed by atoms with Crippen LogP contribution >= 0.6 is 0 Å². The molecular weight excluding hydrogens is 290 g/mol. The van der Waals surface area contributed by atoms with E-state index in [2.05, 4.69) is 19.9 Å². The topological polar surface area (TPSA) is 78.8 Å². The maximum absolute atomic E-state index is 12.3. The number of fused-ring (bicyclic) bond motifs is 5. The van der Waals surface area contributed by atoms with E-state index in [0.717, 1.165) is 32.8 Å². The van der Waals surface area contributed by atoms with Gasteiger partial charge < -0.3 is 9.97 Å². The maximum Gasteiger partial charge on any atom is 0.292 e. The van der Waals surface area contributed by atoms with Gasteiger partial charge in [-0.3, -0.25) is 9.20 Å². The summed E-state index contributed by atoms with van der Waals surface area (Å²) in [6.45, 7) is 0. The Balaban J connectivity index is 2.14. The van der Waals surface area contributed by atoms with Crippen LogP contribution in [0.2, 0.25) is 0 Å². The molecule has 6 nitrogen and oxygen atoms in total. The molecule has 2 aromatic carbocycles. The number of hydrogen-bond acceptors (Lipinski definition) is 3. The van der Waals surface area contributed by atoms with Crippen molar-refractivity contribution in [2.75, 3.05) is 0 Å². The molecule has 0 aliphatic rings. The number of nitrogens with zero attached hydrogens (tertiary/aromatic N) is 3. The lowest BCUT2D eigenvalue weighted by molar-refractivity contribution is 1.17. The Morgan fingerprint density at radius 3 is 2.78 bits per heavy atom. The first-order valence-electron chi connectivity index (χ1n) is 7.23. The third-order valence-corrected chi connectivity index (χ3v) is 4.10. The Labute approximate surface area is 129 Å². The van der Waals surface area contributed by atoms with Gasteiger partial charge in [0.05, 0.1) is 11.0 Å². The van der Waals surface area contributed by atoms with Gasteiger partial charge in [0.1, 0.15) is 5.82 Å². The van der Waals surface area contributed by atoms with E-state index >= 15 is 0 Å². The number of benzene rings is 1. The SMILES string of the molecule is O=c1[nH]c2c3ccccc3/c(=C\c3ncc[nH]3)c2n2ccnc12. The highest BCUT2D eigenvalue weighted by molar-refractivity contribution is 6.09. The van der Waals surface area contributed by atoms with Gasteiger partial charge in [0, 0.05) is 35.4 Å². The zero-order valence-electron chi connectivity index (χ0n) is 11.9. The lowest BCUT2D eigenvalue weighted by atomic mass is 10.2. The zero-order valence-corrected chi connectivity index (χ0v) is 11.9. The van der Waals surface area contributed by atoms with E-state index in [1.165, 1.54) is 0 Å². The van der Waals surface area contributed by atoms with Gasteiger partial charge >= 0.3 is 0 Å². The van der Waals surface area contributed by atoms with E-state index in [1.54, 1.807) is 18.6 Å². The fourth-order valence-corrected chi connectivity index (χ4v) is 3.16. The molecule has 5 rings (SSSR count). The fraction of sp³-hybridized carbons (Fsp3) is 0. The third-order valence-electron chi connectivity index (χ3n) is 4.10. The molecule has 0 spiro atoms. The number of hydrogen-bond donors (Lipinski definition) is 2. The summed E-state index contributed by atoms with van der Waals surface area (Å²) in [4.78, 5) is 26.8. The van der Waals surface area contributed by atoms with Crippen molar-refractivity contribution in [3.8, 4) is 0 Å². The molecule has 0 saturated carbocycles. The molecule has 110 valence electrons. The molecule has 23 heavy (non-hydrogen) atoms. The second kappa shape index (κ2) is 4.30. The van der Waals surface area contributed by atoms with Crippen LogP contribution < -0.4 is 10.8 Å². The average molecular weight is 301 g/mol. The molecule has 0 amide bonds. The lowest BCUT2D eigenvalue weighted by Gasteiger charge is -1.97. The summed E-state index contributed by atoms with van der Waals surface area (Å²) in [5, 5.41) is 3.08. The zero-order chi connectivity index (χ0) is 15.4. The molecule has 6 heteroatoms. The summed E-state index contributed by atoms with van der Waals surface area (Å²) in [6.07, 6.45) is 8.94. The smallest absolute Gasteiger partial charge is 0.292 e. The van der Waals surface area contributed by atoms with Crippen molar-refractivity contribution < 1.29 is 0 Å². The highest BCUT2D eigenvalue weighted by atomic mass is 16.1. The predicted molar refractivity (Wildman–Crippen MR) is 88.2 cm³/mol. The van der Waals surface area contributed by atoms with Crippen LogP contribution in [0.1, 0.15) is 5.82 Å². The minimum Gasteiger partial charge on any atom is -0.345 e. The Hall–Kier alpha value is -3.41. The summed E-state index contributed by atoms with van der Waals surface area (Å²) >= 11 is 0. The van der Waals surface area contributed by atoms with Crippen molar-refractivity contribution in [2.45, 2.75) is 0 Å². The number of rotatable bonds is 1. The number of aromatic amines is 2. The van der Waals surface area contributed by atoms with Crippen molar-refractivity contribution in [3.05, 3.63) is 70.4 Å². The molecule has 0 fully saturated rings. The molecule has 3 aromatic heterocycles. The number of nitrogens with one attached hydrogen (secondary N) is 2. The molecule has 0 radical (unpaired) electrons. The second-order valence-electron chi connectivity index (χ2n) is 5.38. The summed E-state index contributed by atoms with van der Waals surface area (Å²) in [6, 6.07) is 8.01. The Morgan fingerprint density at radius 2 is 1.96 bits per heavy atom. The van der Waals surface area contributed by atoms with Gasteiger partial charge in [-0.1, -0.05) is 24.3 Å². The minimum atomic E-state index is -0.192. The second-order valence-corrected chi connectivity index (χ2v) is 5.38. The van der Waals surface area contributed by atoms with Crippen molar-refractivity contribution in [1.29, 1.82) is 0 Å². The van der Waals surface area contributed by atoms with Crippen LogP contribution in [0.3, 0.4) is 0 Å². The lowest BCUT2D eigenvalue weighted by Crippen LogP contribution is -2.13. The van der Waals surface area contributed by atoms with Gasteiger partial charge in [-0.05, 0) is 11.5 Å². The van der Waals surface area contributed by atoms with Crippen LogP contribution in [-0.2, 0) is 0 Å². The van der Waals surface area contributed by atoms with Crippen LogP contribution in [0.25, 0.3) is 33.5 Å². The molecule has 0 saturated heterocycles. The van der Waals surface area contributed by atoms with Gasteiger partial charge in [-0.2, -0.15) is 0 Å². The monoisotopic (exact) mass is 301 g/mol. The van der Waals surface area contributed by atoms with Crippen LogP contribution in [0.5, 0.6) is 0 Å². The molecule has 0 aliphatic carbocycles. The first-order valence-corrected chi connectivity index (χ1v) is 7.23. The van der Waals surface area contributed by atoms with Gasteiger partial charge in [-0.25, -0.2) is 9.97 Å². The van der Waals surface area contributed by atoms with Gasteiger partial charge in [0.2, 0.25) is 5.65 Å². The van der Waals surface area contributed by atoms with E-state index in [4.69, 9.17) is 0 Å². The molecule has 2 N–H and O–H groups in total. The average Bonchev–Trinajstić information content (AvgIpc) is 3.28. The molecule has 0 aliphatic heterocycles. The van der Waals surface area contributed by atoms with E-state index in [-0.39, 0.29) is 5.56 Å². The van der Waals surface area contributed by atoms with Crippen molar-refractivity contribution in [3.63, 3.8) is 0 Å². The normalized spacial score (nSPS) is 12.8. The van der Waals surface area contributed by atoms with E-state index in [0.29, 0.717) is 5.65 Å². The molecule has 3 heterocycles. The Bertz CT molecular complexity index is 1280. The Kier molecular flexibility index (Phi) is 2.27. The maximum atomic E-state index is 12.3. The summed E-state index contributed by atoms with van der Waals surface area (Å²) in [7, 11) is 0. The van der Waals surface area contributed by atoms with Gasteiger partial charge in [-0.15, -0.1) is 0 Å². The van der Waals surface area contributed by atoms with Crippen LogP contribution in [0.15, 0.2) is 53.8 Å². The highest BCUT2D eigenvalue weighted by Crippen LogP contribution is 2.22. The molecule has 5 aromatic rings. The van der Waals surface area contributed by atoms with Crippen LogP contribution in [0.4, 0.5) is 0 Å². The third kappa shape index (κ3) is 1.60. The van der Waals surface area contributed by atoms with Crippen LogP contribution in [0, 0.1) is 0 Å². The molecular formula is C17H11N5O. The number of aromatic nitrogens is 5. The number of imidazole rings is 2. The largest absolute Gasteiger partial charge is 0.345 e. The van der Waals surface area contributed by atoms with E-state index < -0.39 is 0 Å². The molecule has 0 unspecified atom stereocenters. The molecule has 0 atom stereocenters. The first-order chi connectivity index (χ1) is 11.3. The summed E-state index contributed by atoms with van der Waals surface area (Å²) < 4.78 is 1.84. The Morgan fingerprint density at radius 1 is 1.09 bits per heavy atom. The van der Waals surface area contributed by atoms with Gasteiger partial charge in [0.25, 0.3) is 5.56 Å². The standard InChI is InChI=1S/C17H11N5O/c23-17-16-20-7-8-22(16)15-12(9-13-18-5-6-19-13)10-3-1-2-4-11(10)14(15)21-17/h1-9H,(H,18,19)(H,21,23)/b12-9+. The first kappa shape index (κ1) is 12.2.